The molecule has 2 aliphatic heterocycles. The van der Waals surface area contributed by atoms with Gasteiger partial charge in [-0.15, -0.1) is 11.3 Å². The summed E-state index contributed by atoms with van der Waals surface area (Å²) in [5.74, 6) is 0.0192. The fourth-order valence-electron chi connectivity index (χ4n) is 4.25. The molecular weight excluding hydrogens is 468 g/mol. The Labute approximate surface area is 195 Å². The predicted molar refractivity (Wildman–Crippen MR) is 126 cm³/mol. The number of rotatable bonds is 5. The van der Waals surface area contributed by atoms with Crippen molar-refractivity contribution in [1.82, 2.24) is 9.88 Å². The fourth-order valence-corrected chi connectivity index (χ4v) is 6.28. The predicted octanol–water partition coefficient (Wildman–Crippen LogP) is 3.54. The van der Waals surface area contributed by atoms with Gasteiger partial charge in [-0.05, 0) is 59.9 Å². The van der Waals surface area contributed by atoms with E-state index in [4.69, 9.17) is 11.6 Å². The number of thiazole rings is 1. The van der Waals surface area contributed by atoms with Crippen LogP contribution >= 0.6 is 22.9 Å². The monoisotopic (exact) mass is 488 g/mol. The molecule has 32 heavy (non-hydrogen) atoms. The van der Waals surface area contributed by atoms with Crippen molar-refractivity contribution in [2.75, 3.05) is 29.3 Å². The van der Waals surface area contributed by atoms with Crippen molar-refractivity contribution in [1.29, 1.82) is 0 Å². The molecule has 5 rings (SSSR count). The third kappa shape index (κ3) is 4.25. The molecule has 0 fully saturated rings. The van der Waals surface area contributed by atoms with E-state index in [2.05, 4.69) is 20.7 Å². The number of nitrogens with one attached hydrogen (secondary N) is 1. The average Bonchev–Trinajstić information content (AvgIpc) is 3.42. The zero-order valence-electron chi connectivity index (χ0n) is 17.1. The van der Waals surface area contributed by atoms with E-state index in [1.807, 2.05) is 12.1 Å². The lowest BCUT2D eigenvalue weighted by atomic mass is 10.00. The highest BCUT2D eigenvalue weighted by atomic mass is 35.5. The maximum atomic E-state index is 13.1. The number of anilines is 2. The van der Waals surface area contributed by atoms with Crippen LogP contribution in [0.4, 0.5) is 10.8 Å². The van der Waals surface area contributed by atoms with Crippen molar-refractivity contribution >= 4 is 49.7 Å². The van der Waals surface area contributed by atoms with Crippen molar-refractivity contribution in [2.24, 2.45) is 0 Å². The van der Waals surface area contributed by atoms with Crippen LogP contribution < -0.4 is 9.62 Å². The molecule has 2 aliphatic rings. The highest BCUT2D eigenvalue weighted by Crippen LogP contribution is 2.31. The van der Waals surface area contributed by atoms with Gasteiger partial charge >= 0.3 is 0 Å². The standard InChI is InChI=1S/C22H21ClN4O3S2/c23-18-2-1-15-5-8-26(13-17(15)11-18)14-21(28)27-9-6-16-12-19(3-4-20(16)27)32(29,30)25-22-24-7-10-31-22/h1-4,7,10-12H,5-6,8-9,13-14H2,(H,24,25). The maximum Gasteiger partial charge on any atom is 0.263 e. The number of aromatic nitrogens is 1. The average molecular weight is 489 g/mol. The van der Waals surface area contributed by atoms with Gasteiger partial charge in [0, 0.05) is 41.9 Å². The number of fused-ring (bicyclic) bond motifs is 2. The number of carbonyl (C=O) groups excluding carboxylic acids is 1. The number of hydrogen-bond acceptors (Lipinski definition) is 6. The molecule has 0 spiro atoms. The molecule has 0 bridgehead atoms. The first-order valence-corrected chi connectivity index (χ1v) is 13.0. The van der Waals surface area contributed by atoms with E-state index in [0.717, 1.165) is 24.2 Å². The molecule has 1 amide bonds. The van der Waals surface area contributed by atoms with Gasteiger partial charge in [-0.1, -0.05) is 17.7 Å². The highest BCUT2D eigenvalue weighted by Gasteiger charge is 2.29. The molecule has 0 saturated heterocycles. The number of benzene rings is 2. The molecule has 7 nitrogen and oxygen atoms in total. The van der Waals surface area contributed by atoms with Crippen LogP contribution in [0.15, 0.2) is 52.9 Å². The Kier molecular flexibility index (Phi) is 5.66. The van der Waals surface area contributed by atoms with Crippen molar-refractivity contribution in [3.63, 3.8) is 0 Å². The quantitative estimate of drug-likeness (QED) is 0.594. The van der Waals surface area contributed by atoms with Crippen LogP contribution in [0.5, 0.6) is 0 Å². The molecule has 0 radical (unpaired) electrons. The molecule has 1 N–H and O–H groups in total. The summed E-state index contributed by atoms with van der Waals surface area (Å²) in [4.78, 5) is 21.1. The Balaban J connectivity index is 1.29. The van der Waals surface area contributed by atoms with Gasteiger partial charge in [-0.2, -0.15) is 0 Å². The lowest BCUT2D eigenvalue weighted by Crippen LogP contribution is -2.41. The molecule has 3 heterocycles. The topological polar surface area (TPSA) is 82.6 Å². The summed E-state index contributed by atoms with van der Waals surface area (Å²) in [6, 6.07) is 10.9. The summed E-state index contributed by atoms with van der Waals surface area (Å²) in [5.41, 5.74) is 4.09. The second-order valence-corrected chi connectivity index (χ2v) is 10.9. The summed E-state index contributed by atoms with van der Waals surface area (Å²) in [5, 5.41) is 2.74. The van der Waals surface area contributed by atoms with Crippen LogP contribution in [0.2, 0.25) is 5.02 Å². The van der Waals surface area contributed by atoms with E-state index in [-0.39, 0.29) is 10.8 Å². The number of amides is 1. The largest absolute Gasteiger partial charge is 0.311 e. The normalized spacial score (nSPS) is 16.0. The maximum absolute atomic E-state index is 13.1. The van der Waals surface area contributed by atoms with Gasteiger partial charge in [0.05, 0.1) is 11.4 Å². The van der Waals surface area contributed by atoms with Crippen molar-refractivity contribution in [2.45, 2.75) is 24.3 Å². The molecule has 1 aromatic heterocycles. The Hall–Kier alpha value is -2.46. The molecule has 0 atom stereocenters. The number of halogens is 1. The van der Waals surface area contributed by atoms with Gasteiger partial charge < -0.3 is 4.90 Å². The van der Waals surface area contributed by atoms with Gasteiger partial charge in [0.15, 0.2) is 5.13 Å². The highest BCUT2D eigenvalue weighted by molar-refractivity contribution is 7.93. The van der Waals surface area contributed by atoms with Crippen LogP contribution in [0, 0.1) is 0 Å². The number of sulfonamides is 1. The molecule has 3 aromatic rings. The number of carbonyl (C=O) groups is 1. The van der Waals surface area contributed by atoms with E-state index in [1.165, 1.54) is 22.5 Å². The second-order valence-electron chi connectivity index (χ2n) is 7.90. The van der Waals surface area contributed by atoms with E-state index in [0.29, 0.717) is 36.2 Å². The van der Waals surface area contributed by atoms with Gasteiger partial charge in [-0.25, -0.2) is 13.4 Å². The minimum Gasteiger partial charge on any atom is -0.311 e. The zero-order valence-corrected chi connectivity index (χ0v) is 19.5. The number of hydrogen-bond donors (Lipinski definition) is 1. The lowest BCUT2D eigenvalue weighted by molar-refractivity contribution is -0.119. The Morgan fingerprint density at radius 1 is 1.09 bits per heavy atom. The van der Waals surface area contributed by atoms with Crippen LogP contribution in [-0.4, -0.2) is 43.8 Å². The van der Waals surface area contributed by atoms with E-state index >= 15 is 0 Å². The minimum atomic E-state index is -3.72. The molecule has 0 aliphatic carbocycles. The summed E-state index contributed by atoms with van der Waals surface area (Å²) in [7, 11) is -3.72. The van der Waals surface area contributed by atoms with Crippen molar-refractivity contribution in [3.05, 3.63) is 69.7 Å². The SMILES string of the molecule is O=C(CN1CCc2ccc(Cl)cc2C1)N1CCc2cc(S(=O)(=O)Nc3nccs3)ccc21. The molecule has 10 heteroatoms. The summed E-state index contributed by atoms with van der Waals surface area (Å²) >= 11 is 7.35. The Bertz CT molecular complexity index is 1280. The molecular formula is C22H21ClN4O3S2. The van der Waals surface area contributed by atoms with Gasteiger partial charge in [0.25, 0.3) is 10.0 Å². The van der Waals surface area contributed by atoms with Gasteiger partial charge in [0.1, 0.15) is 0 Å². The van der Waals surface area contributed by atoms with Gasteiger partial charge in [0.2, 0.25) is 5.91 Å². The second kappa shape index (κ2) is 8.47. The summed E-state index contributed by atoms with van der Waals surface area (Å²) in [6.07, 6.45) is 3.06. The van der Waals surface area contributed by atoms with Gasteiger partial charge in [-0.3, -0.25) is 14.4 Å². The Morgan fingerprint density at radius 3 is 2.75 bits per heavy atom. The fraction of sp³-hybridized carbons (Fsp3) is 0.273. The lowest BCUT2D eigenvalue weighted by Gasteiger charge is -2.30. The van der Waals surface area contributed by atoms with Crippen LogP contribution in [-0.2, 0) is 34.2 Å². The smallest absolute Gasteiger partial charge is 0.263 e. The Morgan fingerprint density at radius 2 is 1.94 bits per heavy atom. The molecule has 2 aromatic carbocycles. The first kappa shape index (κ1) is 21.4. The van der Waals surface area contributed by atoms with Crippen molar-refractivity contribution in [3.8, 4) is 0 Å². The third-order valence-electron chi connectivity index (χ3n) is 5.83. The first-order valence-electron chi connectivity index (χ1n) is 10.2. The van der Waals surface area contributed by atoms with E-state index in [9.17, 15) is 13.2 Å². The molecule has 0 saturated carbocycles. The van der Waals surface area contributed by atoms with Crippen LogP contribution in [0.1, 0.15) is 16.7 Å². The number of nitrogens with zero attached hydrogens (tertiary/aromatic N) is 3. The minimum absolute atomic E-state index is 0.0192. The van der Waals surface area contributed by atoms with E-state index in [1.54, 1.807) is 34.7 Å². The molecule has 166 valence electrons. The third-order valence-corrected chi connectivity index (χ3v) is 8.22. The first-order chi connectivity index (χ1) is 15.4. The van der Waals surface area contributed by atoms with Crippen LogP contribution in [0.3, 0.4) is 0 Å². The zero-order chi connectivity index (χ0) is 22.3. The van der Waals surface area contributed by atoms with E-state index < -0.39 is 10.0 Å². The van der Waals surface area contributed by atoms with Crippen LogP contribution in [0.25, 0.3) is 0 Å². The molecule has 0 unspecified atom stereocenters. The summed E-state index contributed by atoms with van der Waals surface area (Å²) in [6.45, 7) is 2.38. The summed E-state index contributed by atoms with van der Waals surface area (Å²) < 4.78 is 27.8. The van der Waals surface area contributed by atoms with Crippen molar-refractivity contribution < 1.29 is 13.2 Å².